The fourth-order valence-corrected chi connectivity index (χ4v) is 4.63. The number of rotatable bonds is 11. The van der Waals surface area contributed by atoms with Gasteiger partial charge in [-0.3, -0.25) is 9.59 Å². The minimum absolute atomic E-state index is 0.0881. The van der Waals surface area contributed by atoms with E-state index in [1.54, 1.807) is 20.3 Å². The van der Waals surface area contributed by atoms with Crippen molar-refractivity contribution in [2.45, 2.75) is 19.8 Å². The summed E-state index contributed by atoms with van der Waals surface area (Å²) in [6.45, 7) is 3.44. The van der Waals surface area contributed by atoms with Crippen molar-refractivity contribution in [1.82, 2.24) is 4.90 Å². The molecule has 1 aliphatic rings. The lowest BCUT2D eigenvalue weighted by Crippen LogP contribution is -2.32. The molecule has 0 aliphatic carbocycles. The minimum Gasteiger partial charge on any atom is -0.493 e. The Morgan fingerprint density at radius 2 is 1.59 bits per heavy atom. The highest BCUT2D eigenvalue weighted by Crippen LogP contribution is 2.43. The van der Waals surface area contributed by atoms with Gasteiger partial charge in [0.25, 0.3) is 5.91 Å². The van der Waals surface area contributed by atoms with Crippen LogP contribution in [0.15, 0.2) is 66.7 Å². The van der Waals surface area contributed by atoms with Crippen LogP contribution in [0.4, 0.5) is 17.1 Å². The van der Waals surface area contributed by atoms with E-state index in [0.717, 1.165) is 35.5 Å². The SMILES string of the molecule is CCC(=O)N(CCCN(C)C)c1ccc(N/C(=C2\C(=O)Nc3cc(OC)c(OC)cc32)c2ccccc2)cc1. The molecule has 0 atom stereocenters. The Morgan fingerprint density at radius 3 is 2.21 bits per heavy atom. The van der Waals surface area contributed by atoms with Crippen LogP contribution in [0.3, 0.4) is 0 Å². The van der Waals surface area contributed by atoms with Gasteiger partial charge in [0.2, 0.25) is 5.91 Å². The molecule has 0 radical (unpaired) electrons. The molecule has 1 heterocycles. The topological polar surface area (TPSA) is 83.1 Å². The molecule has 39 heavy (non-hydrogen) atoms. The lowest BCUT2D eigenvalue weighted by molar-refractivity contribution is -0.118. The second-order valence-electron chi connectivity index (χ2n) is 9.55. The summed E-state index contributed by atoms with van der Waals surface area (Å²) in [6, 6.07) is 21.1. The van der Waals surface area contributed by atoms with E-state index < -0.39 is 0 Å². The summed E-state index contributed by atoms with van der Waals surface area (Å²) in [4.78, 5) is 29.9. The fraction of sp³-hybridized carbons (Fsp3) is 0.290. The number of amides is 2. The summed E-state index contributed by atoms with van der Waals surface area (Å²) in [6.07, 6.45) is 1.32. The van der Waals surface area contributed by atoms with Crippen LogP contribution in [-0.4, -0.2) is 58.1 Å². The number of carbonyl (C=O) groups is 2. The van der Waals surface area contributed by atoms with Gasteiger partial charge in [-0.15, -0.1) is 0 Å². The van der Waals surface area contributed by atoms with E-state index in [9.17, 15) is 9.59 Å². The van der Waals surface area contributed by atoms with Crippen LogP contribution < -0.4 is 25.0 Å². The van der Waals surface area contributed by atoms with Gasteiger partial charge < -0.3 is 29.9 Å². The molecule has 2 N–H and O–H groups in total. The van der Waals surface area contributed by atoms with E-state index >= 15 is 0 Å². The lowest BCUT2D eigenvalue weighted by atomic mass is 9.99. The van der Waals surface area contributed by atoms with Crippen LogP contribution in [0.1, 0.15) is 30.9 Å². The molecule has 0 saturated heterocycles. The maximum atomic E-state index is 13.3. The number of benzene rings is 3. The van der Waals surface area contributed by atoms with Crippen molar-refractivity contribution >= 4 is 40.1 Å². The fourth-order valence-electron chi connectivity index (χ4n) is 4.63. The van der Waals surface area contributed by atoms with Gasteiger partial charge >= 0.3 is 0 Å². The van der Waals surface area contributed by atoms with Crippen LogP contribution in [0.5, 0.6) is 11.5 Å². The number of hydrogen-bond acceptors (Lipinski definition) is 6. The molecule has 2 amide bonds. The highest BCUT2D eigenvalue weighted by atomic mass is 16.5. The zero-order valence-electron chi connectivity index (χ0n) is 23.2. The molecule has 8 nitrogen and oxygen atoms in total. The van der Waals surface area contributed by atoms with Gasteiger partial charge in [0.15, 0.2) is 11.5 Å². The van der Waals surface area contributed by atoms with Crippen LogP contribution >= 0.6 is 0 Å². The molecule has 1 aliphatic heterocycles. The Morgan fingerprint density at radius 1 is 0.923 bits per heavy atom. The van der Waals surface area contributed by atoms with Gasteiger partial charge in [-0.2, -0.15) is 0 Å². The van der Waals surface area contributed by atoms with Crippen LogP contribution in [0, 0.1) is 0 Å². The number of hydrogen-bond donors (Lipinski definition) is 2. The smallest absolute Gasteiger partial charge is 0.258 e. The second-order valence-corrected chi connectivity index (χ2v) is 9.55. The summed E-state index contributed by atoms with van der Waals surface area (Å²) in [5, 5.41) is 6.44. The first-order chi connectivity index (χ1) is 18.9. The molecule has 0 aromatic heterocycles. The first kappa shape index (κ1) is 27.7. The molecule has 3 aromatic rings. The summed E-state index contributed by atoms with van der Waals surface area (Å²) < 4.78 is 10.9. The van der Waals surface area contributed by atoms with Gasteiger partial charge in [0.05, 0.1) is 31.2 Å². The molecular formula is C31H36N4O4. The quantitative estimate of drug-likeness (QED) is 0.327. The number of ether oxygens (including phenoxy) is 2. The van der Waals surface area contributed by atoms with Crippen molar-refractivity contribution in [3.8, 4) is 11.5 Å². The van der Waals surface area contributed by atoms with Crippen molar-refractivity contribution in [2.75, 3.05) is 56.9 Å². The van der Waals surface area contributed by atoms with Crippen LogP contribution in [0.2, 0.25) is 0 Å². The van der Waals surface area contributed by atoms with E-state index in [1.807, 2.05) is 86.6 Å². The maximum absolute atomic E-state index is 13.3. The number of carbonyl (C=O) groups excluding carboxylic acids is 2. The maximum Gasteiger partial charge on any atom is 0.258 e. The summed E-state index contributed by atoms with van der Waals surface area (Å²) >= 11 is 0. The third-order valence-corrected chi connectivity index (χ3v) is 6.62. The zero-order valence-corrected chi connectivity index (χ0v) is 23.2. The van der Waals surface area contributed by atoms with E-state index in [2.05, 4.69) is 15.5 Å². The first-order valence-corrected chi connectivity index (χ1v) is 13.1. The zero-order chi connectivity index (χ0) is 27.9. The Hall–Kier alpha value is -4.30. The first-order valence-electron chi connectivity index (χ1n) is 13.1. The molecular weight excluding hydrogens is 492 g/mol. The average molecular weight is 529 g/mol. The van der Waals surface area contributed by atoms with Gasteiger partial charge in [0.1, 0.15) is 0 Å². The molecule has 0 bridgehead atoms. The summed E-state index contributed by atoms with van der Waals surface area (Å²) in [5.41, 5.74) is 5.06. The number of anilines is 3. The second kappa shape index (κ2) is 12.5. The summed E-state index contributed by atoms with van der Waals surface area (Å²) in [7, 11) is 7.19. The third-order valence-electron chi connectivity index (χ3n) is 6.62. The van der Waals surface area contributed by atoms with E-state index in [0.29, 0.717) is 41.4 Å². The Labute approximate surface area is 230 Å². The number of nitrogens with zero attached hydrogens (tertiary/aromatic N) is 2. The monoisotopic (exact) mass is 528 g/mol. The molecule has 3 aromatic carbocycles. The molecule has 0 spiro atoms. The van der Waals surface area contributed by atoms with Crippen molar-refractivity contribution < 1.29 is 19.1 Å². The summed E-state index contributed by atoms with van der Waals surface area (Å²) in [5.74, 6) is 0.949. The van der Waals surface area contributed by atoms with Gasteiger partial charge in [-0.1, -0.05) is 37.3 Å². The molecule has 204 valence electrons. The van der Waals surface area contributed by atoms with E-state index in [4.69, 9.17) is 9.47 Å². The highest BCUT2D eigenvalue weighted by molar-refractivity contribution is 6.37. The minimum atomic E-state index is -0.219. The van der Waals surface area contributed by atoms with Crippen LogP contribution in [0.25, 0.3) is 11.3 Å². The lowest BCUT2D eigenvalue weighted by Gasteiger charge is -2.24. The standard InChI is InChI=1S/C31H36N4O4/c1-6-28(36)35(18-10-17-34(2)3)23-15-13-22(14-16-23)32-30(21-11-8-7-9-12-21)29-24-19-26(38-4)27(39-5)20-25(24)33-31(29)37/h7-9,11-16,19-20,32H,6,10,17-18H2,1-5H3,(H,33,37)/b30-29-. The van der Waals surface area contributed by atoms with Gasteiger partial charge in [-0.25, -0.2) is 0 Å². The van der Waals surface area contributed by atoms with Crippen LogP contribution in [-0.2, 0) is 9.59 Å². The average Bonchev–Trinajstić information content (AvgIpc) is 3.27. The number of fused-ring (bicyclic) bond motifs is 1. The van der Waals surface area contributed by atoms with Crippen molar-refractivity contribution in [2.24, 2.45) is 0 Å². The highest BCUT2D eigenvalue weighted by Gasteiger charge is 2.30. The van der Waals surface area contributed by atoms with Gasteiger partial charge in [0, 0.05) is 36.0 Å². The van der Waals surface area contributed by atoms with Crippen molar-refractivity contribution in [3.05, 3.63) is 77.9 Å². The van der Waals surface area contributed by atoms with Gasteiger partial charge in [-0.05, 0) is 63.0 Å². The Kier molecular flexibility index (Phi) is 8.88. The Balaban J connectivity index is 1.71. The molecule has 0 saturated carbocycles. The third kappa shape index (κ3) is 6.23. The predicted molar refractivity (Wildman–Crippen MR) is 157 cm³/mol. The predicted octanol–water partition coefficient (Wildman–Crippen LogP) is 5.33. The molecule has 4 rings (SSSR count). The molecule has 0 unspecified atom stereocenters. The van der Waals surface area contributed by atoms with Crippen molar-refractivity contribution in [1.29, 1.82) is 0 Å². The molecule has 8 heteroatoms. The van der Waals surface area contributed by atoms with E-state index in [1.165, 1.54) is 0 Å². The Bertz CT molecular complexity index is 1350. The number of methoxy groups -OCH3 is 2. The van der Waals surface area contributed by atoms with E-state index in [-0.39, 0.29) is 11.8 Å². The largest absolute Gasteiger partial charge is 0.493 e. The molecule has 0 fully saturated rings. The van der Waals surface area contributed by atoms with Crippen molar-refractivity contribution in [3.63, 3.8) is 0 Å². The normalized spacial score (nSPS) is 13.5. The number of nitrogens with one attached hydrogen (secondary N) is 2.